The molecule has 0 bridgehead atoms. The molecule has 1 aromatic carbocycles. The van der Waals surface area contributed by atoms with E-state index in [1.807, 2.05) is 45.0 Å². The van der Waals surface area contributed by atoms with Gasteiger partial charge in [-0.3, -0.25) is 0 Å². The second-order valence-electron chi connectivity index (χ2n) is 6.89. The molecule has 1 aliphatic heterocycles. The van der Waals surface area contributed by atoms with Gasteiger partial charge >= 0.3 is 6.03 Å². The van der Waals surface area contributed by atoms with Gasteiger partial charge in [0, 0.05) is 30.5 Å². The summed E-state index contributed by atoms with van der Waals surface area (Å²) >= 11 is 0. The molecule has 1 fully saturated rings. The molecule has 1 aromatic heterocycles. The quantitative estimate of drug-likeness (QED) is 0.879. The molecule has 2 N–H and O–H groups in total. The van der Waals surface area contributed by atoms with Crippen LogP contribution in [-0.2, 0) is 6.54 Å². The third kappa shape index (κ3) is 4.50. The number of aromatic nitrogens is 2. The van der Waals surface area contributed by atoms with Crippen LogP contribution in [0, 0.1) is 20.8 Å². The van der Waals surface area contributed by atoms with Gasteiger partial charge in [-0.1, -0.05) is 12.1 Å². The van der Waals surface area contributed by atoms with E-state index in [1.54, 1.807) is 0 Å². The predicted molar refractivity (Wildman–Crippen MR) is 105 cm³/mol. The van der Waals surface area contributed by atoms with Crippen LogP contribution in [-0.4, -0.2) is 29.1 Å². The fourth-order valence-electron chi connectivity index (χ4n) is 3.19. The molecular formula is C20H27N5O. The molecule has 0 aliphatic carbocycles. The van der Waals surface area contributed by atoms with Crippen LogP contribution in [0.3, 0.4) is 0 Å². The molecule has 0 atom stereocenters. The molecular weight excluding hydrogens is 326 g/mol. The first-order chi connectivity index (χ1) is 12.5. The van der Waals surface area contributed by atoms with Crippen molar-refractivity contribution in [1.82, 2.24) is 15.3 Å². The number of piperidine rings is 1. The minimum Gasteiger partial charge on any atom is -0.357 e. The summed E-state index contributed by atoms with van der Waals surface area (Å²) < 4.78 is 0. The van der Waals surface area contributed by atoms with E-state index in [2.05, 4.69) is 25.5 Å². The number of hydrogen-bond donors (Lipinski definition) is 2. The molecule has 138 valence electrons. The summed E-state index contributed by atoms with van der Waals surface area (Å²) in [4.78, 5) is 23.6. The molecule has 0 spiro atoms. The number of anilines is 2. The standard InChI is InChI=1S/C20H27N5O/c1-14-8-7-9-17(16(14)3)23-20(26)21-13-18-22-15(2)12-19(24-18)25-10-5-4-6-11-25/h7-9,12H,4-6,10-11,13H2,1-3H3,(H2,21,23,26). The van der Waals surface area contributed by atoms with E-state index < -0.39 is 0 Å². The smallest absolute Gasteiger partial charge is 0.319 e. The molecule has 0 unspecified atom stereocenters. The number of carbonyl (C=O) groups excluding carboxylic acids is 1. The monoisotopic (exact) mass is 353 g/mol. The highest BCUT2D eigenvalue weighted by atomic mass is 16.2. The van der Waals surface area contributed by atoms with Gasteiger partial charge in [-0.2, -0.15) is 0 Å². The number of aryl methyl sites for hydroxylation is 2. The van der Waals surface area contributed by atoms with E-state index in [0.29, 0.717) is 12.4 Å². The summed E-state index contributed by atoms with van der Waals surface area (Å²) in [6.45, 7) is 8.38. The summed E-state index contributed by atoms with van der Waals surface area (Å²) in [7, 11) is 0. The Balaban J connectivity index is 1.62. The first-order valence-corrected chi connectivity index (χ1v) is 9.23. The molecule has 1 aliphatic rings. The zero-order chi connectivity index (χ0) is 18.5. The topological polar surface area (TPSA) is 70.2 Å². The van der Waals surface area contributed by atoms with E-state index in [1.165, 1.54) is 19.3 Å². The second kappa shape index (κ2) is 8.17. The van der Waals surface area contributed by atoms with Crippen molar-refractivity contribution in [2.24, 2.45) is 0 Å². The molecule has 0 radical (unpaired) electrons. The van der Waals surface area contributed by atoms with Gasteiger partial charge in [0.25, 0.3) is 0 Å². The maximum atomic E-state index is 12.2. The molecule has 0 saturated carbocycles. The third-order valence-corrected chi connectivity index (χ3v) is 4.83. The van der Waals surface area contributed by atoms with Crippen LogP contribution >= 0.6 is 0 Å². The molecule has 26 heavy (non-hydrogen) atoms. The van der Waals surface area contributed by atoms with Crippen LogP contribution in [0.1, 0.15) is 41.9 Å². The van der Waals surface area contributed by atoms with Crippen molar-refractivity contribution in [2.75, 3.05) is 23.3 Å². The van der Waals surface area contributed by atoms with Crippen LogP contribution in [0.2, 0.25) is 0 Å². The third-order valence-electron chi connectivity index (χ3n) is 4.83. The lowest BCUT2D eigenvalue weighted by atomic mass is 10.1. The highest BCUT2D eigenvalue weighted by Gasteiger charge is 2.14. The van der Waals surface area contributed by atoms with Crippen LogP contribution < -0.4 is 15.5 Å². The highest BCUT2D eigenvalue weighted by Crippen LogP contribution is 2.19. The number of nitrogens with one attached hydrogen (secondary N) is 2. The zero-order valence-electron chi connectivity index (χ0n) is 15.8. The van der Waals surface area contributed by atoms with Crippen molar-refractivity contribution in [1.29, 1.82) is 0 Å². The Morgan fingerprint density at radius 3 is 2.65 bits per heavy atom. The van der Waals surface area contributed by atoms with Crippen molar-refractivity contribution in [3.8, 4) is 0 Å². The van der Waals surface area contributed by atoms with Crippen LogP contribution in [0.25, 0.3) is 0 Å². The van der Waals surface area contributed by atoms with Crippen molar-refractivity contribution in [2.45, 2.75) is 46.6 Å². The molecule has 6 heteroatoms. The molecule has 2 aromatic rings. The average Bonchev–Trinajstić information content (AvgIpc) is 2.64. The van der Waals surface area contributed by atoms with E-state index in [-0.39, 0.29) is 6.03 Å². The summed E-state index contributed by atoms with van der Waals surface area (Å²) in [6.07, 6.45) is 3.69. The van der Waals surface area contributed by atoms with E-state index in [9.17, 15) is 4.79 Å². The zero-order valence-corrected chi connectivity index (χ0v) is 15.8. The number of nitrogens with zero attached hydrogens (tertiary/aromatic N) is 3. The maximum Gasteiger partial charge on any atom is 0.319 e. The molecule has 2 heterocycles. The number of hydrogen-bond acceptors (Lipinski definition) is 4. The van der Waals surface area contributed by atoms with Gasteiger partial charge < -0.3 is 15.5 Å². The van der Waals surface area contributed by atoms with Gasteiger partial charge in [-0.05, 0) is 57.2 Å². The Labute approximate surface area is 155 Å². The van der Waals surface area contributed by atoms with Gasteiger partial charge in [0.2, 0.25) is 0 Å². The fraction of sp³-hybridized carbons (Fsp3) is 0.450. The van der Waals surface area contributed by atoms with Gasteiger partial charge in [0.1, 0.15) is 11.6 Å². The number of carbonyl (C=O) groups is 1. The van der Waals surface area contributed by atoms with E-state index >= 15 is 0 Å². The van der Waals surface area contributed by atoms with Gasteiger partial charge in [0.15, 0.2) is 0 Å². The lowest BCUT2D eigenvalue weighted by Crippen LogP contribution is -2.32. The largest absolute Gasteiger partial charge is 0.357 e. The van der Waals surface area contributed by atoms with Crippen LogP contribution in [0.15, 0.2) is 24.3 Å². The van der Waals surface area contributed by atoms with Gasteiger partial charge in [-0.15, -0.1) is 0 Å². The van der Waals surface area contributed by atoms with E-state index in [0.717, 1.165) is 41.4 Å². The van der Waals surface area contributed by atoms with Crippen LogP contribution in [0.5, 0.6) is 0 Å². The summed E-state index contributed by atoms with van der Waals surface area (Å²) in [6, 6.07) is 7.64. The van der Waals surface area contributed by atoms with Gasteiger partial charge in [-0.25, -0.2) is 14.8 Å². The van der Waals surface area contributed by atoms with Crippen molar-refractivity contribution < 1.29 is 4.79 Å². The Morgan fingerprint density at radius 1 is 1.12 bits per heavy atom. The Kier molecular flexibility index (Phi) is 5.71. The Hall–Kier alpha value is -2.63. The number of benzene rings is 1. The number of rotatable bonds is 4. The average molecular weight is 353 g/mol. The van der Waals surface area contributed by atoms with Crippen molar-refractivity contribution >= 4 is 17.5 Å². The molecule has 2 amide bonds. The predicted octanol–water partition coefficient (Wildman–Crippen LogP) is 3.71. The Morgan fingerprint density at radius 2 is 1.88 bits per heavy atom. The first kappa shape index (κ1) is 18.2. The number of amides is 2. The van der Waals surface area contributed by atoms with Crippen molar-refractivity contribution in [3.05, 3.63) is 46.9 Å². The van der Waals surface area contributed by atoms with E-state index in [4.69, 9.17) is 0 Å². The normalized spacial score (nSPS) is 14.2. The summed E-state index contributed by atoms with van der Waals surface area (Å²) in [5.74, 6) is 1.60. The second-order valence-corrected chi connectivity index (χ2v) is 6.89. The highest BCUT2D eigenvalue weighted by molar-refractivity contribution is 5.90. The molecule has 6 nitrogen and oxygen atoms in total. The van der Waals surface area contributed by atoms with Crippen molar-refractivity contribution in [3.63, 3.8) is 0 Å². The SMILES string of the molecule is Cc1cc(N2CCCCC2)nc(CNC(=O)Nc2cccc(C)c2C)n1. The number of urea groups is 1. The maximum absolute atomic E-state index is 12.2. The van der Waals surface area contributed by atoms with Gasteiger partial charge in [0.05, 0.1) is 6.54 Å². The lowest BCUT2D eigenvalue weighted by molar-refractivity contribution is 0.251. The summed E-state index contributed by atoms with van der Waals surface area (Å²) in [5, 5.41) is 5.76. The minimum absolute atomic E-state index is 0.247. The fourth-order valence-corrected chi connectivity index (χ4v) is 3.19. The summed E-state index contributed by atoms with van der Waals surface area (Å²) in [5.41, 5.74) is 3.96. The lowest BCUT2D eigenvalue weighted by Gasteiger charge is -2.28. The van der Waals surface area contributed by atoms with Crippen LogP contribution in [0.4, 0.5) is 16.3 Å². The molecule has 1 saturated heterocycles. The molecule has 3 rings (SSSR count). The first-order valence-electron chi connectivity index (χ1n) is 9.23. The Bertz CT molecular complexity index is 784. The minimum atomic E-state index is -0.247.